The molecule has 57 heavy (non-hydrogen) atoms. The Hall–Kier alpha value is -5.25. The van der Waals surface area contributed by atoms with Crippen LogP contribution in [0.4, 0.5) is 0 Å². The number of likely N-dealkylation sites (tertiary alicyclic amines) is 1. The number of aliphatic carboxylic acids is 2. The Bertz CT molecular complexity index is 2090. The topological polar surface area (TPSA) is 214 Å². The van der Waals surface area contributed by atoms with Gasteiger partial charge in [-0.2, -0.15) is 0 Å². The number of benzene rings is 3. The zero-order valence-corrected chi connectivity index (χ0v) is 33.0. The zero-order valence-electron chi connectivity index (χ0n) is 32.2. The monoisotopic (exact) mass is 804 g/mol. The van der Waals surface area contributed by atoms with Crippen molar-refractivity contribution in [3.63, 3.8) is 0 Å². The number of nitrogens with one attached hydrogen (secondary N) is 1. The number of amides is 1. The van der Waals surface area contributed by atoms with E-state index in [1.165, 1.54) is 19.3 Å². The maximum atomic E-state index is 11.8. The molecule has 304 valence electrons. The molecule has 0 unspecified atom stereocenters. The van der Waals surface area contributed by atoms with E-state index >= 15 is 0 Å². The number of nitrogens with two attached hydrogens (primary N) is 1. The molecule has 1 aromatic heterocycles. The number of carbonyl (C=O) groups excluding carboxylic acids is 1. The molecule has 1 aliphatic rings. The van der Waals surface area contributed by atoms with E-state index in [4.69, 9.17) is 31.5 Å². The molecule has 0 bridgehead atoms. The molecule has 1 saturated heterocycles. The summed E-state index contributed by atoms with van der Waals surface area (Å²) in [6.45, 7) is 7.16. The summed E-state index contributed by atoms with van der Waals surface area (Å²) in [4.78, 5) is 41.1. The summed E-state index contributed by atoms with van der Waals surface area (Å²) >= 11 is 6.73. The fraction of sp³-hybridized carbons (Fsp3) is 0.381. The number of primary amides is 1. The molecule has 15 heteroatoms. The highest BCUT2D eigenvalue weighted by Crippen LogP contribution is 2.36. The molecule has 0 saturated carbocycles. The van der Waals surface area contributed by atoms with Crippen molar-refractivity contribution in [1.82, 2.24) is 15.2 Å². The Morgan fingerprint density at radius 1 is 0.912 bits per heavy atom. The number of ether oxygens (including phenoxy) is 3. The number of carbonyl (C=O) groups is 3. The van der Waals surface area contributed by atoms with E-state index in [1.807, 2.05) is 50.2 Å². The third-order valence-corrected chi connectivity index (χ3v) is 10.7. The second-order valence-electron chi connectivity index (χ2n) is 14.5. The van der Waals surface area contributed by atoms with Gasteiger partial charge in [-0.15, -0.1) is 0 Å². The van der Waals surface area contributed by atoms with Crippen LogP contribution in [0.5, 0.6) is 17.2 Å². The van der Waals surface area contributed by atoms with Crippen LogP contribution >= 0.6 is 11.6 Å². The van der Waals surface area contributed by atoms with E-state index in [9.17, 15) is 34.8 Å². The highest BCUT2D eigenvalue weighted by Gasteiger charge is 2.39. The van der Waals surface area contributed by atoms with Crippen LogP contribution in [0.1, 0.15) is 64.4 Å². The first-order chi connectivity index (χ1) is 27.1. The number of hydrogen-bond acceptors (Lipinski definition) is 11. The van der Waals surface area contributed by atoms with Crippen molar-refractivity contribution in [3.05, 3.63) is 105 Å². The molecule has 0 spiro atoms. The maximum absolute atomic E-state index is 11.8. The minimum atomic E-state index is -1.64. The number of piperidine rings is 1. The molecule has 7 N–H and O–H groups in total. The standard InChI is InChI=1S/C42H49ClN4O10/c1-26-29(7-4-8-32(26)33-9-5-10-35(27(33)2)55-16-6-13-47-14-11-42(54,12-15-47)40(52)53)24-57-37-19-36(56-23-28-17-31(38(44)49)21-45-20-28)30(18-34(37)43)22-46-41(3,25-48)39(50)51/h4-5,7-10,17-21,46,48,54H,6,11-16,22-25H2,1-3H3,(H2,44,49)(H,50,51)(H,52,53)/t41-/m0/s1. The molecule has 1 fully saturated rings. The van der Waals surface area contributed by atoms with Crippen LogP contribution < -0.4 is 25.3 Å². The van der Waals surface area contributed by atoms with E-state index < -0.39 is 35.6 Å². The highest BCUT2D eigenvalue weighted by atomic mass is 35.5. The molecule has 1 amide bonds. The molecule has 14 nitrogen and oxygen atoms in total. The number of aliphatic hydroxyl groups is 2. The van der Waals surface area contributed by atoms with E-state index in [2.05, 4.69) is 15.2 Å². The van der Waals surface area contributed by atoms with Gasteiger partial charge in [0.05, 0.1) is 23.8 Å². The van der Waals surface area contributed by atoms with Gasteiger partial charge in [-0.05, 0) is 86.1 Å². The molecule has 3 aromatic carbocycles. The van der Waals surface area contributed by atoms with Crippen LogP contribution in [0.3, 0.4) is 0 Å². The average Bonchev–Trinajstić information content (AvgIpc) is 3.19. The van der Waals surface area contributed by atoms with Gasteiger partial charge in [0.1, 0.15) is 36.0 Å². The number of carboxylic acids is 2. The predicted molar refractivity (Wildman–Crippen MR) is 213 cm³/mol. The molecule has 4 aromatic rings. The minimum absolute atomic E-state index is 0.0000839. The second kappa shape index (κ2) is 18.8. The Morgan fingerprint density at radius 2 is 1.60 bits per heavy atom. The van der Waals surface area contributed by atoms with Crippen molar-refractivity contribution >= 4 is 29.4 Å². The zero-order chi connectivity index (χ0) is 41.3. The first-order valence-electron chi connectivity index (χ1n) is 18.5. The van der Waals surface area contributed by atoms with Crippen LogP contribution in [0.2, 0.25) is 5.02 Å². The van der Waals surface area contributed by atoms with Crippen molar-refractivity contribution < 1.29 is 49.0 Å². The van der Waals surface area contributed by atoms with Gasteiger partial charge in [-0.1, -0.05) is 41.9 Å². The van der Waals surface area contributed by atoms with Gasteiger partial charge in [0, 0.05) is 55.8 Å². The van der Waals surface area contributed by atoms with Crippen molar-refractivity contribution in [1.29, 1.82) is 0 Å². The number of hydrogen-bond donors (Lipinski definition) is 6. The van der Waals surface area contributed by atoms with Crippen LogP contribution in [0.25, 0.3) is 11.1 Å². The SMILES string of the molecule is Cc1c(COc2cc(OCc3cncc(C(N)=O)c3)c(CN[C@@](C)(CO)C(=O)O)cc2Cl)cccc1-c1cccc(OCCCN2CCC(O)(C(=O)O)CC2)c1C. The lowest BCUT2D eigenvalue weighted by Gasteiger charge is -2.35. The number of carboxylic acid groups (broad SMARTS) is 2. The summed E-state index contributed by atoms with van der Waals surface area (Å²) in [5.74, 6) is -1.61. The Labute approximate surface area is 336 Å². The van der Waals surface area contributed by atoms with Gasteiger partial charge < -0.3 is 45.3 Å². The van der Waals surface area contributed by atoms with Gasteiger partial charge in [0.15, 0.2) is 5.60 Å². The highest BCUT2D eigenvalue weighted by molar-refractivity contribution is 6.32. The van der Waals surface area contributed by atoms with Crippen molar-refractivity contribution in [2.75, 3.05) is 32.8 Å². The number of rotatable bonds is 19. The van der Waals surface area contributed by atoms with Gasteiger partial charge in [0.2, 0.25) is 5.91 Å². The first-order valence-corrected chi connectivity index (χ1v) is 18.9. The molecule has 1 atom stereocenters. The number of nitrogens with zero attached hydrogens (tertiary/aromatic N) is 2. The lowest BCUT2D eigenvalue weighted by Crippen LogP contribution is -2.52. The average molecular weight is 805 g/mol. The number of aromatic nitrogens is 1. The van der Waals surface area contributed by atoms with Gasteiger partial charge in [0.25, 0.3) is 0 Å². The van der Waals surface area contributed by atoms with Crippen molar-refractivity contribution in [2.45, 2.75) is 70.9 Å². The Balaban J connectivity index is 1.28. The molecule has 2 heterocycles. The number of pyridine rings is 1. The lowest BCUT2D eigenvalue weighted by molar-refractivity contribution is -0.163. The van der Waals surface area contributed by atoms with Gasteiger partial charge in [-0.3, -0.25) is 19.9 Å². The van der Waals surface area contributed by atoms with Crippen LogP contribution in [-0.4, -0.2) is 92.1 Å². The third kappa shape index (κ3) is 10.6. The number of aliphatic hydroxyl groups excluding tert-OH is 1. The summed E-state index contributed by atoms with van der Waals surface area (Å²) < 4.78 is 18.6. The summed E-state index contributed by atoms with van der Waals surface area (Å²) in [5, 5.41) is 42.0. The van der Waals surface area contributed by atoms with E-state index in [0.29, 0.717) is 42.3 Å². The summed E-state index contributed by atoms with van der Waals surface area (Å²) in [6, 6.07) is 16.7. The molecule has 1 aliphatic heterocycles. The second-order valence-corrected chi connectivity index (χ2v) is 14.9. The summed E-state index contributed by atoms with van der Waals surface area (Å²) in [7, 11) is 0. The van der Waals surface area contributed by atoms with E-state index in [-0.39, 0.29) is 43.2 Å². The van der Waals surface area contributed by atoms with Crippen LogP contribution in [0.15, 0.2) is 67.0 Å². The maximum Gasteiger partial charge on any atom is 0.335 e. The lowest BCUT2D eigenvalue weighted by atomic mass is 9.91. The van der Waals surface area contributed by atoms with Gasteiger partial charge >= 0.3 is 11.9 Å². The van der Waals surface area contributed by atoms with Crippen molar-refractivity contribution in [2.24, 2.45) is 5.73 Å². The molecular formula is C42H49ClN4O10. The summed E-state index contributed by atoms with van der Waals surface area (Å²) in [6.07, 6.45) is 4.05. The normalized spacial score (nSPS) is 15.1. The fourth-order valence-electron chi connectivity index (χ4n) is 6.49. The third-order valence-electron chi connectivity index (χ3n) is 10.4. The minimum Gasteiger partial charge on any atom is -0.493 e. The predicted octanol–water partition coefficient (Wildman–Crippen LogP) is 4.88. The molecular weight excluding hydrogens is 756 g/mol. The fourth-order valence-corrected chi connectivity index (χ4v) is 6.73. The van der Waals surface area contributed by atoms with E-state index in [0.717, 1.165) is 46.5 Å². The van der Waals surface area contributed by atoms with Crippen LogP contribution in [0, 0.1) is 13.8 Å². The Morgan fingerprint density at radius 3 is 2.26 bits per heavy atom. The molecule has 0 aliphatic carbocycles. The van der Waals surface area contributed by atoms with Crippen molar-refractivity contribution in [3.8, 4) is 28.4 Å². The number of halogens is 1. The Kier molecular flexibility index (Phi) is 14.1. The summed E-state index contributed by atoms with van der Waals surface area (Å²) in [5.41, 5.74) is 8.35. The smallest absolute Gasteiger partial charge is 0.335 e. The first kappa shape index (κ1) is 42.9. The largest absolute Gasteiger partial charge is 0.493 e. The van der Waals surface area contributed by atoms with E-state index in [1.54, 1.807) is 18.2 Å². The van der Waals surface area contributed by atoms with Gasteiger partial charge in [-0.25, -0.2) is 4.79 Å². The molecule has 0 radical (unpaired) electrons. The van der Waals surface area contributed by atoms with Crippen LogP contribution in [-0.2, 0) is 29.3 Å². The quantitative estimate of drug-likeness (QED) is 0.0699. The molecule has 5 rings (SSSR count).